The second-order valence-electron chi connectivity index (χ2n) is 6.55. The Bertz CT molecular complexity index is 348. The van der Waals surface area contributed by atoms with Crippen LogP contribution in [0.15, 0.2) is 0 Å². The first-order valence-electron chi connectivity index (χ1n) is 8.71. The SMILES string of the molecule is CCCCCCCC(CC(C)=O)O[C@@H]1O[C@@H](C)[C@H](O)[C@@H](O)[C@H]1O. The van der Waals surface area contributed by atoms with Gasteiger partial charge >= 0.3 is 0 Å². The molecular formula is C17H32O6. The second kappa shape index (κ2) is 10.4. The van der Waals surface area contributed by atoms with Gasteiger partial charge in [-0.2, -0.15) is 0 Å². The van der Waals surface area contributed by atoms with Crippen molar-refractivity contribution in [1.29, 1.82) is 0 Å². The Kier molecular flexibility index (Phi) is 9.24. The van der Waals surface area contributed by atoms with Crippen molar-refractivity contribution < 1.29 is 29.6 Å². The fourth-order valence-electron chi connectivity index (χ4n) is 2.83. The van der Waals surface area contributed by atoms with Crippen LogP contribution in [0.1, 0.15) is 65.7 Å². The zero-order chi connectivity index (χ0) is 17.4. The average Bonchev–Trinajstić information content (AvgIpc) is 2.49. The fraction of sp³-hybridized carbons (Fsp3) is 0.941. The van der Waals surface area contributed by atoms with Crippen molar-refractivity contribution in [1.82, 2.24) is 0 Å². The molecule has 0 aromatic rings. The predicted molar refractivity (Wildman–Crippen MR) is 85.9 cm³/mol. The largest absolute Gasteiger partial charge is 0.388 e. The van der Waals surface area contributed by atoms with Crippen molar-refractivity contribution in [2.75, 3.05) is 0 Å². The lowest BCUT2D eigenvalue weighted by Gasteiger charge is -2.40. The molecule has 1 heterocycles. The minimum Gasteiger partial charge on any atom is -0.388 e. The highest BCUT2D eigenvalue weighted by Gasteiger charge is 2.43. The highest BCUT2D eigenvalue weighted by Crippen LogP contribution is 2.24. The Morgan fingerprint density at radius 2 is 1.74 bits per heavy atom. The molecule has 0 radical (unpaired) electrons. The Balaban J connectivity index is 2.52. The maximum absolute atomic E-state index is 11.4. The summed E-state index contributed by atoms with van der Waals surface area (Å²) in [6.45, 7) is 5.28. The first kappa shape index (κ1) is 20.5. The highest BCUT2D eigenvalue weighted by atomic mass is 16.7. The van der Waals surface area contributed by atoms with Gasteiger partial charge in [-0.05, 0) is 20.3 Å². The smallest absolute Gasteiger partial charge is 0.186 e. The quantitative estimate of drug-likeness (QED) is 0.525. The van der Waals surface area contributed by atoms with Crippen molar-refractivity contribution >= 4 is 5.78 Å². The van der Waals surface area contributed by atoms with E-state index >= 15 is 0 Å². The van der Waals surface area contributed by atoms with E-state index in [2.05, 4.69) is 6.92 Å². The summed E-state index contributed by atoms with van der Waals surface area (Å²) in [5.41, 5.74) is 0. The standard InChI is InChI=1S/C17H32O6/c1-4-5-6-7-8-9-13(10-11(2)18)23-17-16(21)15(20)14(19)12(3)22-17/h12-17,19-21H,4-10H2,1-3H3/t12-,13?,14-,15+,16+,17-/m0/s1. The van der Waals surface area contributed by atoms with E-state index < -0.39 is 30.7 Å². The zero-order valence-electron chi connectivity index (χ0n) is 14.5. The number of aliphatic hydroxyl groups excluding tert-OH is 3. The lowest BCUT2D eigenvalue weighted by atomic mass is 9.99. The second-order valence-corrected chi connectivity index (χ2v) is 6.55. The third-order valence-corrected chi connectivity index (χ3v) is 4.28. The molecule has 0 amide bonds. The van der Waals surface area contributed by atoms with Gasteiger partial charge in [0.2, 0.25) is 0 Å². The third-order valence-electron chi connectivity index (χ3n) is 4.28. The van der Waals surface area contributed by atoms with Crippen molar-refractivity contribution in [2.45, 2.75) is 103 Å². The lowest BCUT2D eigenvalue weighted by molar-refractivity contribution is -0.304. The Labute approximate surface area is 138 Å². The first-order valence-corrected chi connectivity index (χ1v) is 8.71. The van der Waals surface area contributed by atoms with E-state index in [1.807, 2.05) is 0 Å². The average molecular weight is 332 g/mol. The molecule has 23 heavy (non-hydrogen) atoms. The van der Waals surface area contributed by atoms with Gasteiger partial charge in [0.05, 0.1) is 12.2 Å². The number of hydrogen-bond acceptors (Lipinski definition) is 6. The minimum absolute atomic E-state index is 0.0162. The molecule has 1 unspecified atom stereocenters. The van der Waals surface area contributed by atoms with Gasteiger partial charge in [0.25, 0.3) is 0 Å². The lowest BCUT2D eigenvalue weighted by Crippen LogP contribution is -2.58. The summed E-state index contributed by atoms with van der Waals surface area (Å²) in [5.74, 6) is 0.0162. The summed E-state index contributed by atoms with van der Waals surface area (Å²) in [6.07, 6.45) is 0.737. The summed E-state index contributed by atoms with van der Waals surface area (Å²) in [4.78, 5) is 11.4. The van der Waals surface area contributed by atoms with E-state index in [1.165, 1.54) is 19.8 Å². The van der Waals surface area contributed by atoms with Gasteiger partial charge in [-0.1, -0.05) is 39.0 Å². The monoisotopic (exact) mass is 332 g/mol. The van der Waals surface area contributed by atoms with Crippen LogP contribution in [0.2, 0.25) is 0 Å². The zero-order valence-corrected chi connectivity index (χ0v) is 14.5. The van der Waals surface area contributed by atoms with Gasteiger partial charge in [0.15, 0.2) is 6.29 Å². The Morgan fingerprint density at radius 3 is 2.35 bits per heavy atom. The summed E-state index contributed by atoms with van der Waals surface area (Å²) >= 11 is 0. The van der Waals surface area contributed by atoms with E-state index in [9.17, 15) is 20.1 Å². The molecular weight excluding hydrogens is 300 g/mol. The number of hydrogen-bond donors (Lipinski definition) is 3. The van der Waals surface area contributed by atoms with Gasteiger partial charge in [-0.25, -0.2) is 0 Å². The van der Waals surface area contributed by atoms with E-state index in [0.717, 1.165) is 19.3 Å². The van der Waals surface area contributed by atoms with Crippen LogP contribution in [0.4, 0.5) is 0 Å². The van der Waals surface area contributed by atoms with Crippen LogP contribution >= 0.6 is 0 Å². The first-order chi connectivity index (χ1) is 10.9. The third kappa shape index (κ3) is 6.85. The van der Waals surface area contributed by atoms with Gasteiger partial charge in [-0.15, -0.1) is 0 Å². The van der Waals surface area contributed by atoms with Crippen LogP contribution in [-0.4, -0.2) is 57.9 Å². The van der Waals surface area contributed by atoms with Crippen LogP contribution in [-0.2, 0) is 14.3 Å². The molecule has 1 aliphatic heterocycles. The number of aliphatic hydroxyl groups is 3. The van der Waals surface area contributed by atoms with E-state index in [0.29, 0.717) is 6.42 Å². The topological polar surface area (TPSA) is 96.2 Å². The summed E-state index contributed by atoms with van der Waals surface area (Å²) < 4.78 is 11.2. The van der Waals surface area contributed by atoms with Crippen molar-refractivity contribution in [3.63, 3.8) is 0 Å². The van der Waals surface area contributed by atoms with E-state index in [4.69, 9.17) is 9.47 Å². The molecule has 0 saturated carbocycles. The molecule has 0 spiro atoms. The summed E-state index contributed by atoms with van der Waals surface area (Å²) in [5, 5.41) is 29.5. The number of carbonyl (C=O) groups excluding carboxylic acids is 1. The molecule has 0 bridgehead atoms. The number of ether oxygens (including phenoxy) is 2. The van der Waals surface area contributed by atoms with Gasteiger partial charge in [0.1, 0.15) is 24.1 Å². The van der Waals surface area contributed by atoms with Gasteiger partial charge < -0.3 is 24.8 Å². The Morgan fingerprint density at radius 1 is 1.09 bits per heavy atom. The van der Waals surface area contributed by atoms with Crippen molar-refractivity contribution in [3.05, 3.63) is 0 Å². The maximum Gasteiger partial charge on any atom is 0.186 e. The van der Waals surface area contributed by atoms with Crippen LogP contribution in [0, 0.1) is 0 Å². The maximum atomic E-state index is 11.4. The molecule has 6 atom stereocenters. The molecule has 136 valence electrons. The van der Waals surface area contributed by atoms with Crippen molar-refractivity contribution in [2.24, 2.45) is 0 Å². The number of carbonyl (C=O) groups is 1. The summed E-state index contributed by atoms with van der Waals surface area (Å²) in [7, 11) is 0. The number of rotatable bonds is 10. The van der Waals surface area contributed by atoms with E-state index in [-0.39, 0.29) is 18.3 Å². The number of ketones is 1. The molecule has 6 nitrogen and oxygen atoms in total. The molecule has 1 rings (SSSR count). The number of unbranched alkanes of at least 4 members (excludes halogenated alkanes) is 4. The molecule has 0 aromatic heterocycles. The summed E-state index contributed by atoms with van der Waals surface area (Å²) in [6, 6.07) is 0. The molecule has 0 aliphatic carbocycles. The van der Waals surface area contributed by atoms with Crippen LogP contribution in [0.3, 0.4) is 0 Å². The fourth-order valence-corrected chi connectivity index (χ4v) is 2.83. The van der Waals surface area contributed by atoms with Crippen LogP contribution in [0.5, 0.6) is 0 Å². The number of Topliss-reactive ketones (excluding diaryl/α,β-unsaturated/α-hetero) is 1. The normalized spacial score (nSPS) is 32.7. The van der Waals surface area contributed by atoms with Gasteiger partial charge in [-0.3, -0.25) is 4.79 Å². The highest BCUT2D eigenvalue weighted by molar-refractivity contribution is 5.75. The Hall–Kier alpha value is -0.530. The van der Waals surface area contributed by atoms with E-state index in [1.54, 1.807) is 6.92 Å². The minimum atomic E-state index is -1.32. The molecule has 1 aliphatic rings. The molecule has 0 aromatic carbocycles. The van der Waals surface area contributed by atoms with Crippen LogP contribution < -0.4 is 0 Å². The molecule has 1 saturated heterocycles. The molecule has 1 fully saturated rings. The van der Waals surface area contributed by atoms with Crippen molar-refractivity contribution in [3.8, 4) is 0 Å². The van der Waals surface area contributed by atoms with Crippen LogP contribution in [0.25, 0.3) is 0 Å². The molecule has 6 heteroatoms. The predicted octanol–water partition coefficient (Wildman–Crippen LogP) is 1.54. The van der Waals surface area contributed by atoms with Gasteiger partial charge in [0, 0.05) is 6.42 Å². The molecule has 3 N–H and O–H groups in total.